The van der Waals surface area contributed by atoms with Crippen molar-refractivity contribution in [2.24, 2.45) is 0 Å². The molecule has 0 amide bonds. The molecule has 0 radical (unpaired) electrons. The van der Waals surface area contributed by atoms with Crippen LogP contribution in [0.3, 0.4) is 0 Å². The van der Waals surface area contributed by atoms with Gasteiger partial charge in [-0.15, -0.1) is 0 Å². The van der Waals surface area contributed by atoms with E-state index in [2.05, 4.69) is 48.3 Å². The van der Waals surface area contributed by atoms with Crippen LogP contribution in [0.4, 0.5) is 0 Å². The Bertz CT molecular complexity index is 804. The average Bonchev–Trinajstić information content (AvgIpc) is 3.12. The van der Waals surface area contributed by atoms with E-state index in [1.807, 2.05) is 36.4 Å². The van der Waals surface area contributed by atoms with E-state index in [0.717, 1.165) is 30.6 Å². The van der Waals surface area contributed by atoms with Gasteiger partial charge in [-0.2, -0.15) is 0 Å². The molecular weight excluding hydrogens is 324 g/mol. The summed E-state index contributed by atoms with van der Waals surface area (Å²) in [6.07, 6.45) is 0. The smallest absolute Gasteiger partial charge is 0.211 e. The molecule has 0 fully saturated rings. The molecule has 0 aliphatic heterocycles. The highest BCUT2D eigenvalue weighted by molar-refractivity contribution is 5.98. The molecule has 4 nitrogen and oxygen atoms in total. The van der Waals surface area contributed by atoms with Gasteiger partial charge in [-0.05, 0) is 30.8 Å². The Morgan fingerprint density at radius 2 is 1.73 bits per heavy atom. The van der Waals surface area contributed by atoms with Crippen LogP contribution in [0.2, 0.25) is 0 Å². The lowest BCUT2D eigenvalue weighted by Gasteiger charge is -2.30. The second-order valence-electron chi connectivity index (χ2n) is 6.35. The summed E-state index contributed by atoms with van der Waals surface area (Å²) >= 11 is 0. The van der Waals surface area contributed by atoms with Gasteiger partial charge in [-0.3, -0.25) is 9.69 Å². The third-order valence-corrected chi connectivity index (χ3v) is 4.76. The summed E-state index contributed by atoms with van der Waals surface area (Å²) in [5, 5.41) is 4.28. The van der Waals surface area contributed by atoms with Gasteiger partial charge in [0.25, 0.3) is 0 Å². The summed E-state index contributed by atoms with van der Waals surface area (Å²) in [7, 11) is 0. The highest BCUT2D eigenvalue weighted by atomic mass is 16.3. The first-order chi connectivity index (χ1) is 12.7. The molecule has 0 aliphatic rings. The summed E-state index contributed by atoms with van der Waals surface area (Å²) in [6.45, 7) is 7.25. The van der Waals surface area contributed by atoms with E-state index in [1.165, 1.54) is 5.56 Å². The van der Waals surface area contributed by atoms with Gasteiger partial charge in [0, 0.05) is 18.0 Å². The van der Waals surface area contributed by atoms with E-state index in [4.69, 9.17) is 4.42 Å². The van der Waals surface area contributed by atoms with Gasteiger partial charge in [0.05, 0.1) is 6.54 Å². The minimum absolute atomic E-state index is 0.0208. The van der Waals surface area contributed by atoms with Crippen molar-refractivity contribution in [2.45, 2.75) is 19.9 Å². The SMILES string of the molecule is CCN(CC)C(CNCC(=O)c1cc2ccccc2o1)c1ccccc1. The lowest BCUT2D eigenvalue weighted by molar-refractivity contribution is 0.0962. The van der Waals surface area contributed by atoms with Crippen molar-refractivity contribution in [2.75, 3.05) is 26.2 Å². The zero-order chi connectivity index (χ0) is 18.4. The minimum Gasteiger partial charge on any atom is -0.453 e. The normalized spacial score (nSPS) is 12.6. The number of fused-ring (bicyclic) bond motifs is 1. The quantitative estimate of drug-likeness (QED) is 0.585. The maximum atomic E-state index is 12.5. The molecule has 0 spiro atoms. The molecule has 26 heavy (non-hydrogen) atoms. The lowest BCUT2D eigenvalue weighted by Crippen LogP contribution is -2.37. The Morgan fingerprint density at radius 3 is 2.42 bits per heavy atom. The van der Waals surface area contributed by atoms with Gasteiger partial charge in [0.15, 0.2) is 5.76 Å². The van der Waals surface area contributed by atoms with Crippen LogP contribution in [0.1, 0.15) is 36.0 Å². The predicted molar refractivity (Wildman–Crippen MR) is 106 cm³/mol. The van der Waals surface area contributed by atoms with Crippen LogP contribution in [-0.2, 0) is 0 Å². The molecule has 1 aromatic heterocycles. The van der Waals surface area contributed by atoms with Crippen LogP contribution in [0.5, 0.6) is 0 Å². The average molecular weight is 350 g/mol. The molecule has 3 rings (SSSR count). The van der Waals surface area contributed by atoms with Crippen LogP contribution < -0.4 is 5.32 Å². The van der Waals surface area contributed by atoms with E-state index in [9.17, 15) is 4.79 Å². The summed E-state index contributed by atoms with van der Waals surface area (Å²) in [5.41, 5.74) is 2.01. The second-order valence-corrected chi connectivity index (χ2v) is 6.35. The molecule has 0 bridgehead atoms. The molecule has 4 heteroatoms. The van der Waals surface area contributed by atoms with Gasteiger partial charge in [-0.1, -0.05) is 62.4 Å². The van der Waals surface area contributed by atoms with Gasteiger partial charge < -0.3 is 9.73 Å². The van der Waals surface area contributed by atoms with E-state index in [1.54, 1.807) is 0 Å². The van der Waals surface area contributed by atoms with Crippen LogP contribution in [0.15, 0.2) is 65.1 Å². The topological polar surface area (TPSA) is 45.5 Å². The Balaban J connectivity index is 1.64. The number of nitrogens with zero attached hydrogens (tertiary/aromatic N) is 1. The van der Waals surface area contributed by atoms with E-state index in [-0.39, 0.29) is 18.4 Å². The monoisotopic (exact) mass is 350 g/mol. The zero-order valence-electron chi connectivity index (χ0n) is 15.4. The third-order valence-electron chi connectivity index (χ3n) is 4.76. The lowest BCUT2D eigenvalue weighted by atomic mass is 10.0. The largest absolute Gasteiger partial charge is 0.453 e. The number of para-hydroxylation sites is 1. The number of Topliss-reactive ketones (excluding diaryl/α,β-unsaturated/α-hetero) is 1. The Hall–Kier alpha value is -2.43. The van der Waals surface area contributed by atoms with Gasteiger partial charge >= 0.3 is 0 Å². The Labute approximate surface area is 154 Å². The number of rotatable bonds is 9. The molecule has 1 heterocycles. The number of likely N-dealkylation sites (N-methyl/N-ethyl adjacent to an activating group) is 1. The van der Waals surface area contributed by atoms with Crippen molar-refractivity contribution in [3.8, 4) is 0 Å². The van der Waals surface area contributed by atoms with E-state index < -0.39 is 0 Å². The van der Waals surface area contributed by atoms with Gasteiger partial charge in [0.2, 0.25) is 5.78 Å². The minimum atomic E-state index is -0.0208. The predicted octanol–water partition coefficient (Wildman–Crippen LogP) is 4.29. The molecule has 1 unspecified atom stereocenters. The van der Waals surface area contributed by atoms with Crippen molar-refractivity contribution >= 4 is 16.8 Å². The zero-order valence-corrected chi connectivity index (χ0v) is 15.4. The summed E-state index contributed by atoms with van der Waals surface area (Å²) in [5.74, 6) is 0.394. The number of hydrogen-bond donors (Lipinski definition) is 1. The number of benzene rings is 2. The molecule has 3 aromatic rings. The molecule has 1 atom stereocenters. The fraction of sp³-hybridized carbons (Fsp3) is 0.318. The molecule has 1 N–H and O–H groups in total. The van der Waals surface area contributed by atoms with Gasteiger partial charge in [0.1, 0.15) is 5.58 Å². The number of hydrogen-bond acceptors (Lipinski definition) is 4. The number of carbonyl (C=O) groups is 1. The van der Waals surface area contributed by atoms with Gasteiger partial charge in [-0.25, -0.2) is 0 Å². The Kier molecular flexibility index (Phi) is 6.21. The summed E-state index contributed by atoms with van der Waals surface area (Å²) in [4.78, 5) is 14.9. The maximum absolute atomic E-state index is 12.5. The fourth-order valence-electron chi connectivity index (χ4n) is 3.33. The van der Waals surface area contributed by atoms with E-state index >= 15 is 0 Å². The number of ketones is 1. The second kappa shape index (κ2) is 8.79. The molecule has 136 valence electrons. The molecular formula is C22H26N2O2. The summed E-state index contributed by atoms with van der Waals surface area (Å²) < 4.78 is 5.66. The van der Waals surface area contributed by atoms with Crippen LogP contribution >= 0.6 is 0 Å². The van der Waals surface area contributed by atoms with Crippen molar-refractivity contribution in [3.05, 3.63) is 72.0 Å². The number of furan rings is 1. The summed E-state index contributed by atoms with van der Waals surface area (Å²) in [6, 6.07) is 20.2. The van der Waals surface area contributed by atoms with E-state index in [0.29, 0.717) is 5.76 Å². The molecule has 2 aromatic carbocycles. The van der Waals surface area contributed by atoms with Crippen LogP contribution in [-0.4, -0.2) is 36.9 Å². The number of carbonyl (C=O) groups excluding carboxylic acids is 1. The van der Waals surface area contributed by atoms with Crippen molar-refractivity contribution in [1.82, 2.24) is 10.2 Å². The Morgan fingerprint density at radius 1 is 1.04 bits per heavy atom. The first-order valence-electron chi connectivity index (χ1n) is 9.24. The van der Waals surface area contributed by atoms with Crippen molar-refractivity contribution in [3.63, 3.8) is 0 Å². The van der Waals surface area contributed by atoms with Crippen molar-refractivity contribution < 1.29 is 9.21 Å². The molecule has 0 aliphatic carbocycles. The first kappa shape index (κ1) is 18.4. The van der Waals surface area contributed by atoms with Crippen LogP contribution in [0.25, 0.3) is 11.0 Å². The fourth-order valence-corrected chi connectivity index (χ4v) is 3.33. The first-order valence-corrected chi connectivity index (χ1v) is 9.24. The standard InChI is InChI=1S/C22H26N2O2/c1-3-24(4-2)19(17-10-6-5-7-11-17)15-23-16-20(25)22-14-18-12-8-9-13-21(18)26-22/h5-14,19,23H,3-4,15-16H2,1-2H3. The maximum Gasteiger partial charge on any atom is 0.211 e. The van der Waals surface area contributed by atoms with Crippen molar-refractivity contribution in [1.29, 1.82) is 0 Å². The third kappa shape index (κ3) is 4.21. The number of nitrogens with one attached hydrogen (secondary N) is 1. The highest BCUT2D eigenvalue weighted by Gasteiger charge is 2.18. The highest BCUT2D eigenvalue weighted by Crippen LogP contribution is 2.20. The molecule has 0 saturated heterocycles. The van der Waals surface area contributed by atoms with Crippen LogP contribution in [0, 0.1) is 0 Å². The molecule has 0 saturated carbocycles.